The number of carbonyl (C=O) groups is 1. The summed E-state index contributed by atoms with van der Waals surface area (Å²) in [7, 11) is 0. The molecule has 2 amide bonds. The van der Waals surface area contributed by atoms with Crippen molar-refractivity contribution in [1.82, 2.24) is 20.4 Å². The molecule has 2 aliphatic heterocycles. The third kappa shape index (κ3) is 6.25. The summed E-state index contributed by atoms with van der Waals surface area (Å²) in [6.45, 7) is 14.7. The predicted molar refractivity (Wildman–Crippen MR) is 89.7 cm³/mol. The van der Waals surface area contributed by atoms with E-state index in [4.69, 9.17) is 9.47 Å². The summed E-state index contributed by atoms with van der Waals surface area (Å²) in [6.07, 6.45) is 0. The molecule has 0 aromatic heterocycles. The van der Waals surface area contributed by atoms with Gasteiger partial charge in [0.25, 0.3) is 0 Å². The van der Waals surface area contributed by atoms with E-state index in [1.807, 2.05) is 6.92 Å². The van der Waals surface area contributed by atoms with Crippen LogP contribution in [-0.4, -0.2) is 93.1 Å². The molecule has 0 aromatic carbocycles. The van der Waals surface area contributed by atoms with Crippen LogP contribution in [0.3, 0.4) is 0 Å². The van der Waals surface area contributed by atoms with Crippen LogP contribution in [0.15, 0.2) is 0 Å². The van der Waals surface area contributed by atoms with E-state index in [1.165, 1.54) is 0 Å². The van der Waals surface area contributed by atoms with Crippen molar-refractivity contribution in [1.29, 1.82) is 0 Å². The average Bonchev–Trinajstić information content (AvgIpc) is 2.55. The molecule has 134 valence electrons. The van der Waals surface area contributed by atoms with Crippen molar-refractivity contribution in [2.75, 3.05) is 65.7 Å². The average molecular weight is 328 g/mol. The number of urea groups is 1. The first kappa shape index (κ1) is 18.4. The number of morpholine rings is 2. The van der Waals surface area contributed by atoms with Gasteiger partial charge in [-0.05, 0) is 20.8 Å². The van der Waals surface area contributed by atoms with Crippen LogP contribution in [0.4, 0.5) is 4.79 Å². The first-order chi connectivity index (χ1) is 11.0. The number of hydrogen-bond donors (Lipinski definition) is 2. The van der Waals surface area contributed by atoms with Crippen LogP contribution in [0.2, 0.25) is 0 Å². The van der Waals surface area contributed by atoms with E-state index in [-0.39, 0.29) is 17.6 Å². The van der Waals surface area contributed by atoms with Crippen molar-refractivity contribution >= 4 is 6.03 Å². The van der Waals surface area contributed by atoms with Crippen molar-refractivity contribution in [2.24, 2.45) is 0 Å². The molecule has 2 N–H and O–H groups in total. The van der Waals surface area contributed by atoms with Gasteiger partial charge in [-0.1, -0.05) is 0 Å². The number of carbonyl (C=O) groups excluding carboxylic acids is 1. The Morgan fingerprint density at radius 1 is 1.09 bits per heavy atom. The highest BCUT2D eigenvalue weighted by Crippen LogP contribution is 2.14. The van der Waals surface area contributed by atoms with Crippen LogP contribution in [0, 0.1) is 0 Å². The van der Waals surface area contributed by atoms with Crippen molar-refractivity contribution in [3.63, 3.8) is 0 Å². The second kappa shape index (κ2) is 8.82. The highest BCUT2D eigenvalue weighted by molar-refractivity contribution is 5.74. The van der Waals surface area contributed by atoms with Crippen LogP contribution in [-0.2, 0) is 9.47 Å². The monoisotopic (exact) mass is 328 g/mol. The summed E-state index contributed by atoms with van der Waals surface area (Å²) in [5.41, 5.74) is -0.0609. The third-order valence-electron chi connectivity index (χ3n) is 4.56. The van der Waals surface area contributed by atoms with Gasteiger partial charge in [0, 0.05) is 50.8 Å². The SMILES string of the molecule is CC(CN1CCOCC1)NC(=O)NCC(C)(C)N1CCOCC1. The molecule has 0 spiro atoms. The van der Waals surface area contributed by atoms with E-state index in [1.54, 1.807) is 0 Å². The highest BCUT2D eigenvalue weighted by Gasteiger charge is 2.28. The van der Waals surface area contributed by atoms with Crippen LogP contribution >= 0.6 is 0 Å². The van der Waals surface area contributed by atoms with Crippen molar-refractivity contribution in [3.8, 4) is 0 Å². The number of nitrogens with zero attached hydrogens (tertiary/aromatic N) is 2. The topological polar surface area (TPSA) is 66.1 Å². The van der Waals surface area contributed by atoms with Crippen molar-refractivity contribution < 1.29 is 14.3 Å². The fourth-order valence-electron chi connectivity index (χ4n) is 3.07. The van der Waals surface area contributed by atoms with Gasteiger partial charge in [-0.2, -0.15) is 0 Å². The van der Waals surface area contributed by atoms with E-state index in [2.05, 4.69) is 34.3 Å². The Bertz CT molecular complexity index is 366. The van der Waals surface area contributed by atoms with E-state index in [9.17, 15) is 4.79 Å². The lowest BCUT2D eigenvalue weighted by molar-refractivity contribution is -0.00878. The van der Waals surface area contributed by atoms with Crippen LogP contribution in [0.25, 0.3) is 0 Å². The van der Waals surface area contributed by atoms with Crippen molar-refractivity contribution in [3.05, 3.63) is 0 Å². The molecule has 23 heavy (non-hydrogen) atoms. The second-order valence-electron chi connectivity index (χ2n) is 7.05. The zero-order valence-electron chi connectivity index (χ0n) is 14.8. The lowest BCUT2D eigenvalue weighted by Crippen LogP contribution is -2.57. The molecule has 0 aromatic rings. The maximum absolute atomic E-state index is 12.1. The molecule has 0 radical (unpaired) electrons. The lowest BCUT2D eigenvalue weighted by atomic mass is 10.0. The quantitative estimate of drug-likeness (QED) is 0.725. The Morgan fingerprint density at radius 3 is 2.26 bits per heavy atom. The summed E-state index contributed by atoms with van der Waals surface area (Å²) in [6, 6.07) is 0.0340. The summed E-state index contributed by atoms with van der Waals surface area (Å²) in [5, 5.41) is 6.04. The Labute approximate surface area is 139 Å². The van der Waals surface area contributed by atoms with Gasteiger partial charge in [-0.15, -0.1) is 0 Å². The van der Waals surface area contributed by atoms with Crippen molar-refractivity contribution in [2.45, 2.75) is 32.4 Å². The lowest BCUT2D eigenvalue weighted by Gasteiger charge is -2.40. The van der Waals surface area contributed by atoms with Gasteiger partial charge < -0.3 is 20.1 Å². The maximum atomic E-state index is 12.1. The number of hydrogen-bond acceptors (Lipinski definition) is 5. The minimum absolute atomic E-state index is 0.0609. The first-order valence-corrected chi connectivity index (χ1v) is 8.64. The summed E-state index contributed by atoms with van der Waals surface area (Å²) in [4.78, 5) is 16.8. The third-order valence-corrected chi connectivity index (χ3v) is 4.56. The van der Waals surface area contributed by atoms with Crippen LogP contribution in [0.1, 0.15) is 20.8 Å². The summed E-state index contributed by atoms with van der Waals surface area (Å²) < 4.78 is 10.7. The molecule has 2 rings (SSSR count). The Kier molecular flexibility index (Phi) is 7.08. The number of nitrogens with one attached hydrogen (secondary N) is 2. The van der Waals surface area contributed by atoms with Gasteiger partial charge >= 0.3 is 6.03 Å². The normalized spacial score (nSPS) is 22.6. The number of rotatable bonds is 6. The molecule has 1 atom stereocenters. The van der Waals surface area contributed by atoms with Gasteiger partial charge in [-0.25, -0.2) is 4.79 Å². The minimum Gasteiger partial charge on any atom is -0.379 e. The predicted octanol–water partition coefficient (Wildman–Crippen LogP) is 0.117. The maximum Gasteiger partial charge on any atom is 0.315 e. The van der Waals surface area contributed by atoms with E-state index in [0.29, 0.717) is 6.54 Å². The zero-order chi connectivity index (χ0) is 16.7. The molecule has 0 saturated carbocycles. The van der Waals surface area contributed by atoms with E-state index >= 15 is 0 Å². The summed E-state index contributed by atoms with van der Waals surface area (Å²) >= 11 is 0. The molecule has 0 bridgehead atoms. The molecule has 7 heteroatoms. The number of ether oxygens (including phenoxy) is 2. The largest absolute Gasteiger partial charge is 0.379 e. The number of amides is 2. The molecular weight excluding hydrogens is 296 g/mol. The fraction of sp³-hybridized carbons (Fsp3) is 0.938. The Hall–Kier alpha value is -0.890. The molecule has 2 fully saturated rings. The van der Waals surface area contributed by atoms with Gasteiger partial charge in [0.2, 0.25) is 0 Å². The Balaban J connectivity index is 1.66. The standard InChI is InChI=1S/C16H32N4O3/c1-14(12-19-4-8-22-9-5-19)18-15(21)17-13-16(2,3)20-6-10-23-11-7-20/h14H,4-13H2,1-3H3,(H2,17,18,21). The van der Waals surface area contributed by atoms with Gasteiger partial charge in [0.15, 0.2) is 0 Å². The molecule has 7 nitrogen and oxygen atoms in total. The van der Waals surface area contributed by atoms with Gasteiger partial charge in [0.1, 0.15) is 0 Å². The zero-order valence-corrected chi connectivity index (χ0v) is 14.8. The molecule has 2 heterocycles. The van der Waals surface area contributed by atoms with Gasteiger partial charge in [0.05, 0.1) is 26.4 Å². The molecule has 1 unspecified atom stereocenters. The van der Waals surface area contributed by atoms with Crippen LogP contribution in [0.5, 0.6) is 0 Å². The first-order valence-electron chi connectivity index (χ1n) is 8.64. The van der Waals surface area contributed by atoms with Gasteiger partial charge in [-0.3, -0.25) is 9.80 Å². The Morgan fingerprint density at radius 2 is 1.65 bits per heavy atom. The second-order valence-corrected chi connectivity index (χ2v) is 7.05. The molecule has 2 saturated heterocycles. The fourth-order valence-corrected chi connectivity index (χ4v) is 3.07. The highest BCUT2D eigenvalue weighted by atomic mass is 16.5. The molecule has 0 aliphatic carbocycles. The smallest absolute Gasteiger partial charge is 0.315 e. The minimum atomic E-state index is -0.0907. The molecule has 2 aliphatic rings. The molecular formula is C16H32N4O3. The van der Waals surface area contributed by atoms with Crippen LogP contribution < -0.4 is 10.6 Å². The van der Waals surface area contributed by atoms with E-state index < -0.39 is 0 Å². The van der Waals surface area contributed by atoms with E-state index in [0.717, 1.165) is 59.2 Å². The summed E-state index contributed by atoms with van der Waals surface area (Å²) in [5.74, 6) is 0.